The zero-order chi connectivity index (χ0) is 55.9. The molecule has 0 aromatic heterocycles. The Labute approximate surface area is 472 Å². The number of carbonyl (C=O) groups is 2. The molecule has 0 saturated carbocycles. The Morgan fingerprint density at radius 2 is 0.857 bits per heavy atom. The summed E-state index contributed by atoms with van der Waals surface area (Å²) in [7, 11) is 0. The van der Waals surface area contributed by atoms with E-state index in [0.717, 1.165) is 77.0 Å². The average Bonchev–Trinajstić information content (AvgIpc) is 3.43. The van der Waals surface area contributed by atoms with Crippen LogP contribution in [-0.2, 0) is 23.8 Å². The topological polar surface area (TPSA) is 175 Å². The van der Waals surface area contributed by atoms with E-state index in [4.69, 9.17) is 14.2 Å². The van der Waals surface area contributed by atoms with E-state index >= 15 is 0 Å². The van der Waals surface area contributed by atoms with Crippen LogP contribution in [0.1, 0.15) is 296 Å². The summed E-state index contributed by atoms with van der Waals surface area (Å²) in [5.74, 6) is -0.196. The Bertz CT molecular complexity index is 1420. The van der Waals surface area contributed by atoms with Crippen LogP contribution in [0.4, 0.5) is 0 Å². The van der Waals surface area contributed by atoms with Crippen LogP contribution in [0.2, 0.25) is 0 Å². The minimum Gasteiger partial charge on any atom is -0.466 e. The number of rotatable bonds is 56. The third-order valence-electron chi connectivity index (χ3n) is 15.1. The van der Waals surface area contributed by atoms with Crippen LogP contribution in [-0.4, -0.2) is 100 Å². The Balaban J connectivity index is 2.02. The van der Waals surface area contributed by atoms with Crippen molar-refractivity contribution in [2.75, 3.05) is 19.8 Å². The molecular weight excluding hydrogens is 967 g/mol. The lowest BCUT2D eigenvalue weighted by Crippen LogP contribution is -2.60. The average molecular weight is 1090 g/mol. The van der Waals surface area contributed by atoms with Gasteiger partial charge in [-0.2, -0.15) is 0 Å². The van der Waals surface area contributed by atoms with Gasteiger partial charge in [0.15, 0.2) is 6.29 Å². The lowest BCUT2D eigenvalue weighted by atomic mass is 9.99. The van der Waals surface area contributed by atoms with Crippen molar-refractivity contribution in [3.63, 3.8) is 0 Å². The summed E-state index contributed by atoms with van der Waals surface area (Å²) in [4.78, 5) is 25.0. The van der Waals surface area contributed by atoms with Gasteiger partial charge in [0.2, 0.25) is 5.91 Å². The first kappa shape index (κ1) is 72.6. The number of esters is 1. The van der Waals surface area contributed by atoms with E-state index in [9.17, 15) is 35.1 Å². The monoisotopic (exact) mass is 1090 g/mol. The molecule has 1 aliphatic rings. The molecule has 1 heterocycles. The number of ether oxygens (including phenoxy) is 3. The third-order valence-corrected chi connectivity index (χ3v) is 15.1. The number of aliphatic hydroxyl groups is 5. The molecule has 1 saturated heterocycles. The summed E-state index contributed by atoms with van der Waals surface area (Å²) >= 11 is 0. The second-order valence-electron chi connectivity index (χ2n) is 22.4. The van der Waals surface area contributed by atoms with E-state index < -0.39 is 49.5 Å². The van der Waals surface area contributed by atoms with Gasteiger partial charge >= 0.3 is 5.97 Å². The molecule has 1 rings (SSSR count). The van der Waals surface area contributed by atoms with Crippen LogP contribution in [0.5, 0.6) is 0 Å². The molecule has 450 valence electrons. The van der Waals surface area contributed by atoms with Crippen molar-refractivity contribution < 1.29 is 49.3 Å². The predicted octanol–water partition coefficient (Wildman–Crippen LogP) is 15.6. The largest absolute Gasteiger partial charge is 0.466 e. The second-order valence-corrected chi connectivity index (χ2v) is 22.4. The maximum Gasteiger partial charge on any atom is 0.305 e. The van der Waals surface area contributed by atoms with Gasteiger partial charge in [0, 0.05) is 12.8 Å². The van der Waals surface area contributed by atoms with Gasteiger partial charge in [0.25, 0.3) is 0 Å². The van der Waals surface area contributed by atoms with Gasteiger partial charge in [0.1, 0.15) is 24.4 Å². The van der Waals surface area contributed by atoms with Gasteiger partial charge in [-0.25, -0.2) is 0 Å². The summed E-state index contributed by atoms with van der Waals surface area (Å²) in [5.41, 5.74) is 0. The van der Waals surface area contributed by atoms with Gasteiger partial charge in [-0.3, -0.25) is 9.59 Å². The molecule has 7 atom stereocenters. The molecule has 7 unspecified atom stereocenters. The standard InChI is InChI=1S/C66H121NO10/c1-3-5-7-9-11-13-15-33-36-40-44-48-52-59(69)58(57-76-66-65(74)64(73)63(72)60(56-68)77-66)67-61(70)53-49-45-41-37-34-30-28-26-24-22-20-18-16-17-19-21-23-25-27-29-31-35-39-43-47-51-55-75-62(71)54-50-46-42-38-32-14-12-10-8-6-4-2/h9,11,16,18,33,36,48,52,58-60,63-66,68-69,72-74H,3-8,10,12-15,17,19-32,34-35,37-47,49-51,53-57H2,1-2H3,(H,67,70)/b11-9+,18-16-,36-33+,52-48+. The molecule has 6 N–H and O–H groups in total. The number of aliphatic hydroxyl groups excluding tert-OH is 5. The maximum absolute atomic E-state index is 13.0. The molecular formula is C66H121NO10. The van der Waals surface area contributed by atoms with E-state index in [0.29, 0.717) is 19.4 Å². The van der Waals surface area contributed by atoms with Gasteiger partial charge in [-0.15, -0.1) is 0 Å². The number of allylic oxidation sites excluding steroid dienone is 7. The summed E-state index contributed by atoms with van der Waals surface area (Å²) < 4.78 is 16.7. The molecule has 0 spiro atoms. The molecule has 1 fully saturated rings. The lowest BCUT2D eigenvalue weighted by Gasteiger charge is -2.40. The molecule has 0 aromatic carbocycles. The highest BCUT2D eigenvalue weighted by atomic mass is 16.7. The van der Waals surface area contributed by atoms with Crippen LogP contribution >= 0.6 is 0 Å². The van der Waals surface area contributed by atoms with Crippen molar-refractivity contribution in [1.29, 1.82) is 0 Å². The van der Waals surface area contributed by atoms with Crippen LogP contribution in [0.3, 0.4) is 0 Å². The number of carbonyl (C=O) groups excluding carboxylic acids is 2. The van der Waals surface area contributed by atoms with Crippen molar-refractivity contribution >= 4 is 11.9 Å². The first-order chi connectivity index (χ1) is 37.7. The SMILES string of the molecule is CCCC/C=C/CC/C=C/CC/C=C/C(O)C(COC1OC(CO)C(O)C(O)C1O)NC(=O)CCCCCCCCCCCC/C=C\CCCCCCCCCCCCCCOC(=O)CCCCCCCCCCCCC. The Kier molecular flexibility index (Phi) is 52.4. The van der Waals surface area contributed by atoms with Gasteiger partial charge in [-0.1, -0.05) is 255 Å². The summed E-state index contributed by atoms with van der Waals surface area (Å²) in [5, 5.41) is 54.3. The van der Waals surface area contributed by atoms with Crippen molar-refractivity contribution in [2.45, 2.75) is 339 Å². The molecule has 0 aromatic rings. The molecule has 77 heavy (non-hydrogen) atoms. The highest BCUT2D eigenvalue weighted by molar-refractivity contribution is 5.76. The molecule has 11 nitrogen and oxygen atoms in total. The summed E-state index contributed by atoms with van der Waals surface area (Å²) in [6, 6.07) is -0.836. The zero-order valence-electron chi connectivity index (χ0n) is 49.7. The number of amides is 1. The summed E-state index contributed by atoms with van der Waals surface area (Å²) in [6.45, 7) is 4.28. The Hall–Kier alpha value is -2.38. The van der Waals surface area contributed by atoms with E-state index in [1.54, 1.807) is 6.08 Å². The summed E-state index contributed by atoms with van der Waals surface area (Å²) in [6.07, 6.45) is 60.9. The van der Waals surface area contributed by atoms with Gasteiger partial charge in [-0.05, 0) is 77.0 Å². The highest BCUT2D eigenvalue weighted by Gasteiger charge is 2.44. The fourth-order valence-corrected chi connectivity index (χ4v) is 9.98. The van der Waals surface area contributed by atoms with Crippen LogP contribution in [0.15, 0.2) is 48.6 Å². The van der Waals surface area contributed by atoms with E-state index in [1.165, 1.54) is 193 Å². The van der Waals surface area contributed by atoms with E-state index in [-0.39, 0.29) is 18.5 Å². The fourth-order valence-electron chi connectivity index (χ4n) is 9.98. The number of hydrogen-bond acceptors (Lipinski definition) is 10. The fraction of sp³-hybridized carbons (Fsp3) is 0.848. The van der Waals surface area contributed by atoms with Crippen molar-refractivity contribution in [3.05, 3.63) is 48.6 Å². The first-order valence-corrected chi connectivity index (χ1v) is 32.4. The molecule has 0 aliphatic carbocycles. The third kappa shape index (κ3) is 45.0. The number of nitrogens with one attached hydrogen (secondary N) is 1. The minimum atomic E-state index is -1.58. The normalized spacial score (nSPS) is 18.9. The second kappa shape index (κ2) is 55.5. The number of hydrogen-bond donors (Lipinski definition) is 6. The maximum atomic E-state index is 13.0. The molecule has 1 aliphatic heterocycles. The molecule has 0 bridgehead atoms. The van der Waals surface area contributed by atoms with E-state index in [1.807, 2.05) is 6.08 Å². The van der Waals surface area contributed by atoms with Crippen molar-refractivity contribution in [2.24, 2.45) is 0 Å². The molecule has 1 amide bonds. The minimum absolute atomic E-state index is 0.00311. The Morgan fingerprint density at radius 1 is 0.468 bits per heavy atom. The first-order valence-electron chi connectivity index (χ1n) is 32.4. The molecule has 0 radical (unpaired) electrons. The van der Waals surface area contributed by atoms with Crippen LogP contribution < -0.4 is 5.32 Å². The highest BCUT2D eigenvalue weighted by Crippen LogP contribution is 2.23. The van der Waals surface area contributed by atoms with Gasteiger partial charge < -0.3 is 45.1 Å². The number of unbranched alkanes of at least 4 members (excludes halogenated alkanes) is 36. The van der Waals surface area contributed by atoms with Crippen molar-refractivity contribution in [3.8, 4) is 0 Å². The molecule has 11 heteroatoms. The lowest BCUT2D eigenvalue weighted by molar-refractivity contribution is -0.302. The Morgan fingerprint density at radius 3 is 1.32 bits per heavy atom. The van der Waals surface area contributed by atoms with Gasteiger partial charge in [0.05, 0.1) is 32.0 Å². The van der Waals surface area contributed by atoms with Crippen molar-refractivity contribution in [1.82, 2.24) is 5.32 Å². The smallest absolute Gasteiger partial charge is 0.305 e. The van der Waals surface area contributed by atoms with E-state index in [2.05, 4.69) is 55.6 Å². The van der Waals surface area contributed by atoms with Crippen LogP contribution in [0.25, 0.3) is 0 Å². The van der Waals surface area contributed by atoms with Crippen LogP contribution in [0, 0.1) is 0 Å². The predicted molar refractivity (Wildman–Crippen MR) is 320 cm³/mol. The quantitative estimate of drug-likeness (QED) is 0.0195. The zero-order valence-corrected chi connectivity index (χ0v) is 49.7.